The molecule has 0 aromatic rings. The number of hydrogen-bond acceptors (Lipinski definition) is 4. The lowest BCUT2D eigenvalue weighted by Crippen LogP contribution is -2.54. The average molecular weight is 309 g/mol. The first kappa shape index (κ1) is 19.8. The highest BCUT2D eigenvalue weighted by Gasteiger charge is 2.36. The Labute approximate surface area is 124 Å². The van der Waals surface area contributed by atoms with Crippen LogP contribution < -0.4 is 0 Å². The molecule has 6 heteroatoms. The molecule has 0 amide bonds. The van der Waals surface area contributed by atoms with Gasteiger partial charge in [-0.25, -0.2) is 8.42 Å². The van der Waals surface area contributed by atoms with Crippen molar-refractivity contribution >= 4 is 10.0 Å². The Hall–Kier alpha value is -0.170. The molecule has 0 spiro atoms. The van der Waals surface area contributed by atoms with Crippen molar-refractivity contribution in [1.82, 2.24) is 4.31 Å². The van der Waals surface area contributed by atoms with E-state index in [-0.39, 0.29) is 24.7 Å². The maximum atomic E-state index is 12.0. The van der Waals surface area contributed by atoms with E-state index in [2.05, 4.69) is 20.8 Å². The molecule has 0 aromatic heterocycles. The molecule has 1 N–H and O–H groups in total. The molecule has 0 rings (SSSR count). The Kier molecular flexibility index (Phi) is 6.67. The van der Waals surface area contributed by atoms with Crippen molar-refractivity contribution in [3.63, 3.8) is 0 Å². The Morgan fingerprint density at radius 1 is 1.15 bits per heavy atom. The normalized spacial score (nSPS) is 17.3. The lowest BCUT2D eigenvalue weighted by molar-refractivity contribution is -0.0401. The molecule has 0 bridgehead atoms. The average Bonchev–Trinajstić information content (AvgIpc) is 2.17. The Morgan fingerprint density at radius 2 is 1.60 bits per heavy atom. The summed E-state index contributed by atoms with van der Waals surface area (Å²) in [5.41, 5.74) is -0.632. The van der Waals surface area contributed by atoms with Crippen LogP contribution in [0.3, 0.4) is 0 Å². The third-order valence-electron chi connectivity index (χ3n) is 3.32. The van der Waals surface area contributed by atoms with Crippen molar-refractivity contribution in [3.05, 3.63) is 0 Å². The summed E-state index contributed by atoms with van der Waals surface area (Å²) in [6.07, 6.45) is 1.13. The van der Waals surface area contributed by atoms with E-state index in [9.17, 15) is 13.5 Å². The van der Waals surface area contributed by atoms with Gasteiger partial charge in [0.15, 0.2) is 0 Å². The molecule has 2 unspecified atom stereocenters. The summed E-state index contributed by atoms with van der Waals surface area (Å²) in [6.45, 7) is 13.5. The first-order valence-electron chi connectivity index (χ1n) is 6.93. The van der Waals surface area contributed by atoms with Crippen LogP contribution in [0.1, 0.15) is 48.5 Å². The molecule has 0 fully saturated rings. The van der Waals surface area contributed by atoms with Crippen LogP contribution in [0.25, 0.3) is 0 Å². The van der Waals surface area contributed by atoms with Crippen molar-refractivity contribution in [1.29, 1.82) is 0 Å². The van der Waals surface area contributed by atoms with Gasteiger partial charge in [0.25, 0.3) is 0 Å². The van der Waals surface area contributed by atoms with Crippen molar-refractivity contribution in [2.45, 2.75) is 66.2 Å². The van der Waals surface area contributed by atoms with E-state index in [0.29, 0.717) is 0 Å². The van der Waals surface area contributed by atoms with E-state index in [1.807, 2.05) is 27.7 Å². The van der Waals surface area contributed by atoms with Crippen molar-refractivity contribution in [2.24, 2.45) is 5.41 Å². The fourth-order valence-corrected chi connectivity index (χ4v) is 3.68. The lowest BCUT2D eigenvalue weighted by Gasteiger charge is -2.39. The van der Waals surface area contributed by atoms with Gasteiger partial charge in [-0.15, -0.1) is 0 Å². The molecular formula is C14H31NO4S. The number of aliphatic hydroxyl groups excluding tert-OH is 1. The largest absolute Gasteiger partial charge is 0.395 e. The van der Waals surface area contributed by atoms with E-state index >= 15 is 0 Å². The molecule has 5 nitrogen and oxygen atoms in total. The molecule has 0 saturated carbocycles. The monoisotopic (exact) mass is 309 g/mol. The summed E-state index contributed by atoms with van der Waals surface area (Å²) >= 11 is 0. The Balaban J connectivity index is 5.06. The summed E-state index contributed by atoms with van der Waals surface area (Å²) in [7, 11) is -3.42. The highest BCUT2D eigenvalue weighted by molar-refractivity contribution is 7.88. The quantitative estimate of drug-likeness (QED) is 0.813. The number of ether oxygens (including phenoxy) is 1. The number of hydrogen-bond donors (Lipinski definition) is 1. The molecule has 0 aromatic carbocycles. The van der Waals surface area contributed by atoms with Gasteiger partial charge in [-0.3, -0.25) is 0 Å². The molecule has 20 heavy (non-hydrogen) atoms. The van der Waals surface area contributed by atoms with Crippen molar-refractivity contribution in [3.8, 4) is 0 Å². The Bertz CT molecular complexity index is 392. The predicted octanol–water partition coefficient (Wildman–Crippen LogP) is 1.86. The van der Waals surface area contributed by atoms with Gasteiger partial charge in [-0.05, 0) is 33.1 Å². The zero-order valence-corrected chi connectivity index (χ0v) is 14.9. The zero-order valence-electron chi connectivity index (χ0n) is 14.1. The summed E-state index contributed by atoms with van der Waals surface area (Å²) in [6, 6.07) is -0.574. The van der Waals surface area contributed by atoms with Crippen LogP contribution in [0.4, 0.5) is 0 Å². The molecule has 0 aliphatic heterocycles. The number of aliphatic hydroxyl groups is 1. The van der Waals surface area contributed by atoms with Crippen molar-refractivity contribution < 1.29 is 18.3 Å². The van der Waals surface area contributed by atoms with Crippen molar-refractivity contribution in [2.75, 3.05) is 19.5 Å². The molecule has 122 valence electrons. The second-order valence-corrected chi connectivity index (χ2v) is 9.27. The summed E-state index contributed by atoms with van der Waals surface area (Å²) in [5, 5.41) is 9.55. The fourth-order valence-electron chi connectivity index (χ4n) is 2.02. The van der Waals surface area contributed by atoms with Gasteiger partial charge in [0, 0.05) is 5.54 Å². The van der Waals surface area contributed by atoms with Gasteiger partial charge in [0.2, 0.25) is 10.0 Å². The maximum Gasteiger partial charge on any atom is 0.212 e. The zero-order chi connectivity index (χ0) is 16.4. The topological polar surface area (TPSA) is 66.8 Å². The van der Waals surface area contributed by atoms with Crippen LogP contribution in [-0.4, -0.2) is 55.0 Å². The highest BCUT2D eigenvalue weighted by atomic mass is 32.2. The van der Waals surface area contributed by atoms with E-state index in [1.54, 1.807) is 0 Å². The molecule has 0 saturated heterocycles. The van der Waals surface area contributed by atoms with Gasteiger partial charge >= 0.3 is 0 Å². The lowest BCUT2D eigenvalue weighted by atomic mass is 9.90. The van der Waals surface area contributed by atoms with Gasteiger partial charge < -0.3 is 9.84 Å². The molecule has 2 atom stereocenters. The van der Waals surface area contributed by atoms with Crippen LogP contribution in [0.2, 0.25) is 0 Å². The van der Waals surface area contributed by atoms with Gasteiger partial charge in [0.05, 0.1) is 31.6 Å². The SMILES string of the molecule is CC(OCC(CO)N(C(C)(C)C)S(C)(=O)=O)C(C)(C)C. The standard InChI is InChI=1S/C14H31NO4S/c1-11(13(2,3)4)19-10-12(9-16)15(14(5,6)7)20(8,17)18/h11-12,16H,9-10H2,1-8H3. The predicted molar refractivity (Wildman–Crippen MR) is 82.2 cm³/mol. The van der Waals surface area contributed by atoms with Crippen LogP contribution in [0.5, 0.6) is 0 Å². The highest BCUT2D eigenvalue weighted by Crippen LogP contribution is 2.24. The summed E-state index contributed by atoms with van der Waals surface area (Å²) < 4.78 is 31.1. The second-order valence-electron chi connectivity index (χ2n) is 7.41. The van der Waals surface area contributed by atoms with Gasteiger partial charge in [0.1, 0.15) is 0 Å². The minimum atomic E-state index is -3.42. The fraction of sp³-hybridized carbons (Fsp3) is 1.00. The number of nitrogens with zero attached hydrogens (tertiary/aromatic N) is 1. The third-order valence-corrected chi connectivity index (χ3v) is 4.88. The molecular weight excluding hydrogens is 278 g/mol. The summed E-state index contributed by atoms with van der Waals surface area (Å²) in [4.78, 5) is 0. The van der Waals surface area contributed by atoms with E-state index < -0.39 is 21.6 Å². The minimum absolute atomic E-state index is 0.0297. The van der Waals surface area contributed by atoms with E-state index in [0.717, 1.165) is 6.26 Å². The van der Waals surface area contributed by atoms with Crippen LogP contribution in [0.15, 0.2) is 0 Å². The first-order chi connectivity index (χ1) is 8.71. The molecule has 0 aliphatic carbocycles. The van der Waals surface area contributed by atoms with E-state index in [4.69, 9.17) is 4.74 Å². The van der Waals surface area contributed by atoms with Crippen LogP contribution >= 0.6 is 0 Å². The van der Waals surface area contributed by atoms with E-state index in [1.165, 1.54) is 4.31 Å². The van der Waals surface area contributed by atoms with Crippen LogP contribution in [-0.2, 0) is 14.8 Å². The van der Waals surface area contributed by atoms with Crippen LogP contribution in [0, 0.1) is 5.41 Å². The Morgan fingerprint density at radius 3 is 1.85 bits per heavy atom. The van der Waals surface area contributed by atoms with Gasteiger partial charge in [-0.1, -0.05) is 20.8 Å². The number of sulfonamides is 1. The molecule has 0 aliphatic rings. The first-order valence-corrected chi connectivity index (χ1v) is 8.78. The summed E-state index contributed by atoms with van der Waals surface area (Å²) in [5.74, 6) is 0. The smallest absolute Gasteiger partial charge is 0.212 e. The maximum absolute atomic E-state index is 12.0. The molecule has 0 radical (unpaired) electrons. The minimum Gasteiger partial charge on any atom is -0.395 e. The number of rotatable bonds is 6. The second kappa shape index (κ2) is 6.73. The molecule has 0 heterocycles. The van der Waals surface area contributed by atoms with Gasteiger partial charge in [-0.2, -0.15) is 4.31 Å². The third kappa shape index (κ3) is 6.08.